The number of H-pyrrole nitrogens is 1. The van der Waals surface area contributed by atoms with Gasteiger partial charge in [0.25, 0.3) is 5.56 Å². The summed E-state index contributed by atoms with van der Waals surface area (Å²) in [6.07, 6.45) is 0. The molecule has 0 saturated heterocycles. The molecule has 2 heterocycles. The summed E-state index contributed by atoms with van der Waals surface area (Å²) < 4.78 is 1.62. The Kier molecular flexibility index (Phi) is 3.15. The topological polar surface area (TPSA) is 66.9 Å². The summed E-state index contributed by atoms with van der Waals surface area (Å²) >= 11 is 1.13. The second-order valence-electron chi connectivity index (χ2n) is 4.50. The van der Waals surface area contributed by atoms with E-state index in [1.54, 1.807) is 23.1 Å². The fourth-order valence-corrected chi connectivity index (χ4v) is 2.73. The Balaban J connectivity index is 2.01. The maximum Gasteiger partial charge on any atom is 0.304 e. The van der Waals surface area contributed by atoms with E-state index in [-0.39, 0.29) is 10.4 Å². The summed E-state index contributed by atoms with van der Waals surface area (Å²) in [5.41, 5.74) is 2.40. The van der Waals surface area contributed by atoms with Gasteiger partial charge in [0, 0.05) is 35.3 Å². The van der Waals surface area contributed by atoms with Gasteiger partial charge in [-0.2, -0.15) is 0 Å². The number of nitrogens with zero attached hydrogens (tertiary/aromatic N) is 1. The molecule has 1 aromatic carbocycles. The van der Waals surface area contributed by atoms with Gasteiger partial charge in [-0.3, -0.25) is 9.59 Å². The van der Waals surface area contributed by atoms with Gasteiger partial charge in [-0.05, 0) is 6.07 Å². The lowest BCUT2D eigenvalue weighted by atomic mass is 10.2. The summed E-state index contributed by atoms with van der Waals surface area (Å²) in [7, 11) is 1.75. The number of aromatic amines is 1. The number of benzene rings is 1. The molecule has 3 aromatic rings. The van der Waals surface area contributed by atoms with Gasteiger partial charge >= 0.3 is 4.87 Å². The molecule has 102 valence electrons. The second kappa shape index (κ2) is 4.97. The lowest BCUT2D eigenvalue weighted by molar-refractivity contribution is 0.905. The SMILES string of the molecule is Cn1c(=O)cc(NCc2csc(=O)[nH]2)c2ccccc21. The molecule has 2 N–H and O–H groups in total. The summed E-state index contributed by atoms with van der Waals surface area (Å²) in [5, 5.41) is 5.96. The van der Waals surface area contributed by atoms with E-state index in [1.807, 2.05) is 24.3 Å². The molecule has 0 bridgehead atoms. The van der Waals surface area contributed by atoms with Crippen LogP contribution in [0.2, 0.25) is 0 Å². The van der Waals surface area contributed by atoms with Crippen LogP contribution in [0.25, 0.3) is 10.9 Å². The van der Waals surface area contributed by atoms with Crippen LogP contribution in [0.4, 0.5) is 5.69 Å². The van der Waals surface area contributed by atoms with Crippen LogP contribution < -0.4 is 15.7 Å². The Morgan fingerprint density at radius 1 is 1.30 bits per heavy atom. The van der Waals surface area contributed by atoms with Crippen LogP contribution in [0.3, 0.4) is 0 Å². The summed E-state index contributed by atoms with van der Waals surface area (Å²) in [5.74, 6) is 0. The third kappa shape index (κ3) is 2.25. The molecular weight excluding hydrogens is 274 g/mol. The Bertz CT molecular complexity index is 876. The number of pyridine rings is 1. The first-order valence-electron chi connectivity index (χ1n) is 6.14. The third-order valence-corrected chi connectivity index (χ3v) is 3.91. The minimum absolute atomic E-state index is 0.0648. The molecule has 0 spiro atoms. The fourth-order valence-electron chi connectivity index (χ4n) is 2.15. The van der Waals surface area contributed by atoms with E-state index >= 15 is 0 Å². The molecule has 20 heavy (non-hydrogen) atoms. The number of fused-ring (bicyclic) bond motifs is 1. The molecule has 0 aliphatic rings. The van der Waals surface area contributed by atoms with E-state index in [0.717, 1.165) is 33.6 Å². The average molecular weight is 287 g/mol. The number of hydrogen-bond donors (Lipinski definition) is 2. The quantitative estimate of drug-likeness (QED) is 0.773. The van der Waals surface area contributed by atoms with E-state index < -0.39 is 0 Å². The van der Waals surface area contributed by atoms with Gasteiger partial charge in [0.15, 0.2) is 0 Å². The standard InChI is InChI=1S/C14H13N3O2S/c1-17-12-5-3-2-4-10(12)11(6-13(17)18)15-7-9-8-20-14(19)16-9/h2-6,8,15H,7H2,1H3,(H,16,19). The van der Waals surface area contributed by atoms with Crippen LogP contribution in [0.5, 0.6) is 0 Å². The minimum Gasteiger partial charge on any atom is -0.379 e. The van der Waals surface area contributed by atoms with Crippen molar-refractivity contribution in [2.45, 2.75) is 6.54 Å². The van der Waals surface area contributed by atoms with Gasteiger partial charge in [0.2, 0.25) is 0 Å². The molecule has 2 aromatic heterocycles. The Morgan fingerprint density at radius 2 is 2.10 bits per heavy atom. The second-order valence-corrected chi connectivity index (χ2v) is 5.34. The summed E-state index contributed by atoms with van der Waals surface area (Å²) in [4.78, 5) is 25.7. The highest BCUT2D eigenvalue weighted by Gasteiger charge is 2.06. The Morgan fingerprint density at radius 3 is 2.85 bits per heavy atom. The number of hydrogen-bond acceptors (Lipinski definition) is 4. The number of para-hydroxylation sites is 1. The Hall–Kier alpha value is -2.34. The van der Waals surface area contributed by atoms with Crippen LogP contribution in [-0.2, 0) is 13.6 Å². The van der Waals surface area contributed by atoms with E-state index in [1.165, 1.54) is 0 Å². The maximum atomic E-state index is 11.9. The van der Waals surface area contributed by atoms with Crippen molar-refractivity contribution < 1.29 is 0 Å². The molecule has 0 aliphatic carbocycles. The lowest BCUT2D eigenvalue weighted by Gasteiger charge is -2.11. The zero-order valence-corrected chi connectivity index (χ0v) is 11.7. The maximum absolute atomic E-state index is 11.9. The molecule has 6 heteroatoms. The molecule has 0 saturated carbocycles. The van der Waals surface area contributed by atoms with Gasteiger partial charge in [-0.1, -0.05) is 29.5 Å². The molecule has 0 atom stereocenters. The lowest BCUT2D eigenvalue weighted by Crippen LogP contribution is -2.17. The number of aromatic nitrogens is 2. The number of anilines is 1. The number of rotatable bonds is 3. The average Bonchev–Trinajstić information content (AvgIpc) is 2.87. The zero-order valence-electron chi connectivity index (χ0n) is 10.8. The van der Waals surface area contributed by atoms with E-state index in [0.29, 0.717) is 6.54 Å². The highest BCUT2D eigenvalue weighted by atomic mass is 32.1. The Labute approximate surface area is 118 Å². The fraction of sp³-hybridized carbons (Fsp3) is 0.143. The first-order valence-corrected chi connectivity index (χ1v) is 7.02. The molecule has 0 aliphatic heterocycles. The van der Waals surface area contributed by atoms with Crippen LogP contribution in [0.1, 0.15) is 5.69 Å². The summed E-state index contributed by atoms with van der Waals surface area (Å²) in [6, 6.07) is 9.29. The van der Waals surface area contributed by atoms with Gasteiger partial charge in [-0.25, -0.2) is 0 Å². The van der Waals surface area contributed by atoms with Gasteiger partial charge in [0.05, 0.1) is 12.1 Å². The number of thiazole rings is 1. The predicted octanol–water partition coefficient (Wildman–Crippen LogP) is 1.90. The predicted molar refractivity (Wildman–Crippen MR) is 81.5 cm³/mol. The van der Waals surface area contributed by atoms with Crippen LogP contribution in [0.15, 0.2) is 45.3 Å². The molecule has 5 nitrogen and oxygen atoms in total. The van der Waals surface area contributed by atoms with Gasteiger partial charge in [-0.15, -0.1) is 0 Å². The van der Waals surface area contributed by atoms with Crippen molar-refractivity contribution in [1.82, 2.24) is 9.55 Å². The third-order valence-electron chi connectivity index (χ3n) is 3.19. The largest absolute Gasteiger partial charge is 0.379 e. The normalized spacial score (nSPS) is 10.8. The molecule has 0 radical (unpaired) electrons. The first kappa shape index (κ1) is 12.7. The molecule has 3 rings (SSSR count). The first-order chi connectivity index (χ1) is 9.65. The zero-order chi connectivity index (χ0) is 14.1. The number of nitrogens with one attached hydrogen (secondary N) is 2. The van der Waals surface area contributed by atoms with E-state index in [4.69, 9.17) is 0 Å². The van der Waals surface area contributed by atoms with Crippen molar-refractivity contribution in [1.29, 1.82) is 0 Å². The number of aryl methyl sites for hydroxylation is 1. The van der Waals surface area contributed by atoms with Crippen LogP contribution in [-0.4, -0.2) is 9.55 Å². The highest BCUT2D eigenvalue weighted by molar-refractivity contribution is 7.07. The van der Waals surface area contributed by atoms with Crippen molar-refractivity contribution in [3.63, 3.8) is 0 Å². The van der Waals surface area contributed by atoms with Crippen molar-refractivity contribution in [2.24, 2.45) is 7.05 Å². The smallest absolute Gasteiger partial charge is 0.304 e. The molecular formula is C14H13N3O2S. The van der Waals surface area contributed by atoms with Crippen molar-refractivity contribution in [3.8, 4) is 0 Å². The van der Waals surface area contributed by atoms with Crippen molar-refractivity contribution >= 4 is 27.9 Å². The van der Waals surface area contributed by atoms with Gasteiger partial charge in [0.1, 0.15) is 0 Å². The van der Waals surface area contributed by atoms with Gasteiger partial charge < -0.3 is 14.9 Å². The van der Waals surface area contributed by atoms with Crippen LogP contribution in [0, 0.1) is 0 Å². The van der Waals surface area contributed by atoms with E-state index in [2.05, 4.69) is 10.3 Å². The molecule has 0 unspecified atom stereocenters. The summed E-state index contributed by atoms with van der Waals surface area (Å²) in [6.45, 7) is 0.482. The van der Waals surface area contributed by atoms with Crippen molar-refractivity contribution in [3.05, 3.63) is 61.4 Å². The highest BCUT2D eigenvalue weighted by Crippen LogP contribution is 2.21. The molecule has 0 fully saturated rings. The monoisotopic (exact) mass is 287 g/mol. The van der Waals surface area contributed by atoms with Crippen LogP contribution >= 0.6 is 11.3 Å². The molecule has 0 amide bonds. The van der Waals surface area contributed by atoms with Crippen molar-refractivity contribution in [2.75, 3.05) is 5.32 Å². The van der Waals surface area contributed by atoms with E-state index in [9.17, 15) is 9.59 Å². The minimum atomic E-state index is -0.0735.